The molecule has 0 aromatic heterocycles. The molecule has 1 atom stereocenters. The van der Waals surface area contributed by atoms with Crippen LogP contribution in [0.15, 0.2) is 18.2 Å². The first-order valence-corrected chi connectivity index (χ1v) is 7.22. The number of ether oxygens (including phenoxy) is 1. The molecular formula is C17H22FNO2. The van der Waals surface area contributed by atoms with Crippen LogP contribution in [0.1, 0.15) is 30.9 Å². The lowest BCUT2D eigenvalue weighted by Gasteiger charge is -2.39. The average Bonchev–Trinajstić information content (AvgIpc) is 2.48. The number of nitrogens with zero attached hydrogens (tertiary/aromatic N) is 1. The van der Waals surface area contributed by atoms with Gasteiger partial charge in [-0.2, -0.15) is 0 Å². The maximum atomic E-state index is 14.1. The Morgan fingerprint density at radius 3 is 2.95 bits per heavy atom. The average molecular weight is 291 g/mol. The predicted molar refractivity (Wildman–Crippen MR) is 80.3 cm³/mol. The molecule has 0 saturated carbocycles. The molecule has 21 heavy (non-hydrogen) atoms. The van der Waals surface area contributed by atoms with E-state index in [4.69, 9.17) is 9.84 Å². The molecule has 114 valence electrons. The molecule has 1 saturated heterocycles. The third kappa shape index (κ3) is 4.28. The number of hydrogen-bond donors (Lipinski definition) is 1. The van der Waals surface area contributed by atoms with Gasteiger partial charge in [-0.05, 0) is 38.4 Å². The number of likely N-dealkylation sites (tertiary alicyclic amines) is 1. The van der Waals surface area contributed by atoms with Crippen LogP contribution in [-0.4, -0.2) is 42.4 Å². The van der Waals surface area contributed by atoms with Crippen molar-refractivity contribution in [2.45, 2.75) is 31.9 Å². The fourth-order valence-electron chi connectivity index (χ4n) is 2.75. The van der Waals surface area contributed by atoms with Crippen LogP contribution in [-0.2, 0) is 11.3 Å². The molecule has 1 aliphatic rings. The molecule has 1 fully saturated rings. The molecule has 4 heteroatoms. The van der Waals surface area contributed by atoms with Gasteiger partial charge < -0.3 is 9.84 Å². The third-order valence-electron chi connectivity index (χ3n) is 3.99. The second-order valence-corrected chi connectivity index (χ2v) is 5.73. The van der Waals surface area contributed by atoms with E-state index in [0.717, 1.165) is 25.9 Å². The molecule has 2 rings (SSSR count). The predicted octanol–water partition coefficient (Wildman–Crippen LogP) is 2.17. The second-order valence-electron chi connectivity index (χ2n) is 5.73. The summed E-state index contributed by atoms with van der Waals surface area (Å²) in [6.45, 7) is 4.24. The minimum absolute atomic E-state index is 0.138. The summed E-state index contributed by atoms with van der Waals surface area (Å²) < 4.78 is 19.7. The molecule has 1 N–H and O–H groups in total. The van der Waals surface area contributed by atoms with Gasteiger partial charge in [0.25, 0.3) is 0 Å². The number of benzene rings is 1. The summed E-state index contributed by atoms with van der Waals surface area (Å²) in [4.78, 5) is 2.23. The summed E-state index contributed by atoms with van der Waals surface area (Å²) in [5.41, 5.74) is 1.12. The molecule has 0 radical (unpaired) electrons. The Morgan fingerprint density at radius 2 is 2.29 bits per heavy atom. The van der Waals surface area contributed by atoms with Crippen LogP contribution in [0.4, 0.5) is 4.39 Å². The van der Waals surface area contributed by atoms with Crippen molar-refractivity contribution in [2.24, 2.45) is 0 Å². The zero-order chi connectivity index (χ0) is 15.3. The number of halogens is 1. The first kappa shape index (κ1) is 16.0. The van der Waals surface area contributed by atoms with Crippen LogP contribution in [0.2, 0.25) is 0 Å². The number of rotatable bonds is 3. The van der Waals surface area contributed by atoms with Gasteiger partial charge in [0, 0.05) is 31.3 Å². The fourth-order valence-corrected chi connectivity index (χ4v) is 2.75. The molecule has 0 bridgehead atoms. The molecular weight excluding hydrogens is 269 g/mol. The summed E-state index contributed by atoms with van der Waals surface area (Å²) in [5, 5.41) is 8.65. The lowest BCUT2D eigenvalue weighted by atomic mass is 9.94. The summed E-state index contributed by atoms with van der Waals surface area (Å²) in [6, 6.07) is 4.99. The van der Waals surface area contributed by atoms with E-state index in [2.05, 4.69) is 23.7 Å². The van der Waals surface area contributed by atoms with Crippen molar-refractivity contribution in [3.8, 4) is 11.8 Å². The van der Waals surface area contributed by atoms with Crippen LogP contribution >= 0.6 is 0 Å². The zero-order valence-electron chi connectivity index (χ0n) is 12.7. The maximum Gasteiger partial charge on any atom is 0.128 e. The first-order valence-electron chi connectivity index (χ1n) is 7.22. The Bertz CT molecular complexity index is 549. The normalized spacial score (nSPS) is 22.7. The van der Waals surface area contributed by atoms with E-state index in [0.29, 0.717) is 17.7 Å². The number of hydrogen-bond acceptors (Lipinski definition) is 3. The van der Waals surface area contributed by atoms with Gasteiger partial charge in [0.1, 0.15) is 12.4 Å². The topological polar surface area (TPSA) is 32.7 Å². The standard InChI is InChI=1S/C17H22FNO2/c1-17(21-2)8-4-9-19(13-17)12-15-7-6-14(5-3-10-20)11-16(15)18/h6-7,11,20H,4,8-10,12-13H2,1-2H3. The molecule has 0 spiro atoms. The Kier molecular flexibility index (Phi) is 5.35. The molecule has 1 heterocycles. The van der Waals surface area contributed by atoms with E-state index >= 15 is 0 Å². The van der Waals surface area contributed by atoms with Crippen LogP contribution in [0, 0.1) is 17.7 Å². The Morgan fingerprint density at radius 1 is 1.48 bits per heavy atom. The highest BCUT2D eigenvalue weighted by Gasteiger charge is 2.30. The van der Waals surface area contributed by atoms with Gasteiger partial charge in [0.05, 0.1) is 5.60 Å². The number of aliphatic hydroxyl groups is 1. The van der Waals surface area contributed by atoms with Gasteiger partial charge in [-0.25, -0.2) is 4.39 Å². The zero-order valence-corrected chi connectivity index (χ0v) is 12.7. The summed E-state index contributed by atoms with van der Waals surface area (Å²) in [5.74, 6) is 4.99. The monoisotopic (exact) mass is 291 g/mol. The Hall–Kier alpha value is -1.41. The largest absolute Gasteiger partial charge is 0.384 e. The number of aliphatic hydroxyl groups excluding tert-OH is 1. The highest BCUT2D eigenvalue weighted by atomic mass is 19.1. The van der Waals surface area contributed by atoms with Crippen LogP contribution < -0.4 is 0 Å². The fraction of sp³-hybridized carbons (Fsp3) is 0.529. The van der Waals surface area contributed by atoms with Crippen molar-refractivity contribution in [1.82, 2.24) is 4.90 Å². The lowest BCUT2D eigenvalue weighted by molar-refractivity contribution is -0.0528. The van der Waals surface area contributed by atoms with Gasteiger partial charge in [-0.1, -0.05) is 17.9 Å². The van der Waals surface area contributed by atoms with Gasteiger partial charge >= 0.3 is 0 Å². The first-order chi connectivity index (χ1) is 10.1. The quantitative estimate of drug-likeness (QED) is 0.866. The summed E-state index contributed by atoms with van der Waals surface area (Å²) >= 11 is 0. The smallest absolute Gasteiger partial charge is 0.128 e. The van der Waals surface area contributed by atoms with Crippen molar-refractivity contribution in [3.05, 3.63) is 35.1 Å². The van der Waals surface area contributed by atoms with Gasteiger partial charge in [0.2, 0.25) is 0 Å². The molecule has 1 unspecified atom stereocenters. The molecule has 1 aromatic rings. The van der Waals surface area contributed by atoms with Crippen molar-refractivity contribution in [2.75, 3.05) is 26.8 Å². The van der Waals surface area contributed by atoms with E-state index in [-0.39, 0.29) is 18.0 Å². The second kappa shape index (κ2) is 7.04. The highest BCUT2D eigenvalue weighted by molar-refractivity contribution is 5.37. The molecule has 1 aliphatic heterocycles. The number of methoxy groups -OCH3 is 1. The van der Waals surface area contributed by atoms with Crippen LogP contribution in [0.3, 0.4) is 0 Å². The van der Waals surface area contributed by atoms with E-state index in [1.165, 1.54) is 6.07 Å². The van der Waals surface area contributed by atoms with E-state index < -0.39 is 0 Å². The maximum absolute atomic E-state index is 14.1. The minimum Gasteiger partial charge on any atom is -0.384 e. The van der Waals surface area contributed by atoms with Crippen molar-refractivity contribution in [3.63, 3.8) is 0 Å². The van der Waals surface area contributed by atoms with Crippen LogP contribution in [0.5, 0.6) is 0 Å². The Balaban J connectivity index is 2.06. The molecule has 1 aromatic carbocycles. The van der Waals surface area contributed by atoms with Gasteiger partial charge in [-0.3, -0.25) is 4.90 Å². The number of piperidine rings is 1. The van der Waals surface area contributed by atoms with Gasteiger partial charge in [0.15, 0.2) is 0 Å². The van der Waals surface area contributed by atoms with E-state index in [1.54, 1.807) is 19.2 Å². The summed E-state index contributed by atoms with van der Waals surface area (Å²) in [7, 11) is 1.73. The molecule has 0 amide bonds. The van der Waals surface area contributed by atoms with Crippen LogP contribution in [0.25, 0.3) is 0 Å². The molecule has 0 aliphatic carbocycles. The van der Waals surface area contributed by atoms with E-state index in [1.807, 2.05) is 0 Å². The summed E-state index contributed by atoms with van der Waals surface area (Å²) in [6.07, 6.45) is 2.10. The van der Waals surface area contributed by atoms with Gasteiger partial charge in [-0.15, -0.1) is 0 Å². The van der Waals surface area contributed by atoms with Crippen molar-refractivity contribution < 1.29 is 14.2 Å². The van der Waals surface area contributed by atoms with Crippen molar-refractivity contribution in [1.29, 1.82) is 0 Å². The van der Waals surface area contributed by atoms with E-state index in [9.17, 15) is 4.39 Å². The highest BCUT2D eigenvalue weighted by Crippen LogP contribution is 2.25. The molecule has 3 nitrogen and oxygen atoms in total. The lowest BCUT2D eigenvalue weighted by Crippen LogP contribution is -2.46. The van der Waals surface area contributed by atoms with Crippen molar-refractivity contribution >= 4 is 0 Å². The SMILES string of the molecule is COC1(C)CCCN(Cc2ccc(C#CCO)cc2F)C1. The third-order valence-corrected chi connectivity index (χ3v) is 3.99. The Labute approximate surface area is 125 Å². The minimum atomic E-state index is -0.246.